The van der Waals surface area contributed by atoms with Crippen LogP contribution in [0.2, 0.25) is 0 Å². The zero-order valence-electron chi connectivity index (χ0n) is 10.8. The molecule has 1 aromatic heterocycles. The van der Waals surface area contributed by atoms with Crippen LogP contribution >= 0.6 is 0 Å². The van der Waals surface area contributed by atoms with Gasteiger partial charge < -0.3 is 17.1 Å². The van der Waals surface area contributed by atoms with Gasteiger partial charge in [-0.1, -0.05) is 0 Å². The molecule has 0 radical (unpaired) electrons. The molecule has 0 atom stereocenters. The fraction of sp³-hybridized carbons (Fsp3) is 0.0909. The van der Waals surface area contributed by atoms with E-state index in [9.17, 15) is 8.42 Å². The number of hydrogen-bond acceptors (Lipinski definition) is 6. The predicted molar refractivity (Wildman–Crippen MR) is 70.6 cm³/mol. The number of benzene rings is 1. The third kappa shape index (κ3) is 4.01. The normalized spacial score (nSPS) is 10.1. The van der Waals surface area contributed by atoms with E-state index < -0.39 is 10.0 Å². The quantitative estimate of drug-likeness (QED) is 0.705. The highest BCUT2D eigenvalue weighted by molar-refractivity contribution is 7.92. The van der Waals surface area contributed by atoms with E-state index >= 15 is 0 Å². The molecule has 1 N–H and O–H groups in total. The first-order chi connectivity index (χ1) is 9.55. The van der Waals surface area contributed by atoms with Gasteiger partial charge in [-0.15, -0.1) is 10.2 Å². The van der Waals surface area contributed by atoms with Gasteiger partial charge in [0, 0.05) is 18.2 Å². The van der Waals surface area contributed by atoms with Crippen LogP contribution in [0.15, 0.2) is 41.3 Å². The van der Waals surface area contributed by atoms with Gasteiger partial charge in [0.25, 0.3) is 10.0 Å². The highest BCUT2D eigenvalue weighted by Gasteiger charge is 2.16. The summed E-state index contributed by atoms with van der Waals surface area (Å²) in [6, 6.07) is 8.28. The van der Waals surface area contributed by atoms with E-state index in [1.54, 1.807) is 0 Å². The molecule has 0 saturated heterocycles. The van der Waals surface area contributed by atoms with Crippen LogP contribution in [-0.2, 0) is 10.0 Å². The summed E-state index contributed by atoms with van der Waals surface area (Å²) in [4.78, 5) is 2.96. The number of diazo groups is 1. The molecule has 21 heavy (non-hydrogen) atoms. The zero-order chi connectivity index (χ0) is 14.6. The monoisotopic (exact) mass is 327 g/mol. The van der Waals surface area contributed by atoms with Crippen molar-refractivity contribution in [2.45, 2.75) is 4.90 Å². The second-order valence-corrected chi connectivity index (χ2v) is 5.34. The number of anilines is 1. The van der Waals surface area contributed by atoms with Gasteiger partial charge in [-0.3, -0.25) is 4.72 Å². The van der Waals surface area contributed by atoms with Crippen molar-refractivity contribution in [3.8, 4) is 5.88 Å². The van der Waals surface area contributed by atoms with Crippen molar-refractivity contribution < 1.29 is 25.6 Å². The van der Waals surface area contributed by atoms with Crippen LogP contribution in [0, 0.1) is 5.39 Å². The van der Waals surface area contributed by atoms with Gasteiger partial charge in [-0.2, -0.15) is 0 Å². The van der Waals surface area contributed by atoms with Gasteiger partial charge in [-0.25, -0.2) is 8.42 Å². The third-order valence-electron chi connectivity index (χ3n) is 2.35. The number of nitrogens with zero attached hydrogens (tertiary/aromatic N) is 4. The maximum atomic E-state index is 12.1. The number of methoxy groups -OCH3 is 1. The smallest absolute Gasteiger partial charge is 0.385 e. The molecule has 1 heterocycles. The van der Waals surface area contributed by atoms with E-state index in [1.165, 1.54) is 43.5 Å². The molecule has 2 rings (SSSR count). The van der Waals surface area contributed by atoms with Gasteiger partial charge in [-0.05, 0) is 18.2 Å². The Bertz CT molecular complexity index is 741. The highest BCUT2D eigenvalue weighted by Crippen LogP contribution is 2.18. The first-order valence-electron chi connectivity index (χ1n) is 5.41. The molecule has 0 aliphatic rings. The van der Waals surface area contributed by atoms with Crippen LogP contribution in [0.4, 0.5) is 11.5 Å². The molecule has 0 fully saturated rings. The minimum absolute atomic E-state index is 0. The molecule has 0 aliphatic heterocycles. The summed E-state index contributed by atoms with van der Waals surface area (Å²) in [7, 11) is -2.34. The van der Waals surface area contributed by atoms with Crippen molar-refractivity contribution in [3.63, 3.8) is 0 Å². The molecule has 0 amide bonds. The third-order valence-corrected chi connectivity index (χ3v) is 3.72. The Hall–Kier alpha value is -2.44. The SMILES string of the molecule is COc1ccc(NS(=O)(=O)c2ccc([N+]#N)cc2)nn1.[Cl-]. The molecule has 2 aromatic rings. The second kappa shape index (κ2) is 6.83. The maximum absolute atomic E-state index is 12.1. The van der Waals surface area contributed by atoms with Crippen molar-refractivity contribution in [1.82, 2.24) is 10.2 Å². The van der Waals surface area contributed by atoms with Crippen LogP contribution in [-0.4, -0.2) is 25.7 Å². The van der Waals surface area contributed by atoms with Crippen molar-refractivity contribution in [2.75, 3.05) is 11.8 Å². The first-order valence-corrected chi connectivity index (χ1v) is 6.89. The maximum Gasteiger partial charge on any atom is 0.385 e. The summed E-state index contributed by atoms with van der Waals surface area (Å²) in [5.74, 6) is 0.351. The molecule has 10 heteroatoms. The van der Waals surface area contributed by atoms with Gasteiger partial charge in [0.1, 0.15) is 0 Å². The predicted octanol–water partition coefficient (Wildman–Crippen LogP) is -1.23. The van der Waals surface area contributed by atoms with E-state index in [-0.39, 0.29) is 34.7 Å². The van der Waals surface area contributed by atoms with Gasteiger partial charge in [0.2, 0.25) is 11.3 Å². The Morgan fingerprint density at radius 1 is 1.14 bits per heavy atom. The number of ether oxygens (including phenoxy) is 1. The van der Waals surface area contributed by atoms with Gasteiger partial charge in [0.05, 0.1) is 12.0 Å². The summed E-state index contributed by atoms with van der Waals surface area (Å²) in [5.41, 5.74) is 0.258. The summed E-state index contributed by atoms with van der Waals surface area (Å²) in [6.07, 6.45) is 0. The molecular formula is C11H10ClN5O3S. The molecule has 0 unspecified atom stereocenters. The molecule has 0 aliphatic carbocycles. The van der Waals surface area contributed by atoms with Crippen LogP contribution < -0.4 is 21.9 Å². The van der Waals surface area contributed by atoms with Crippen molar-refractivity contribution in [1.29, 1.82) is 5.39 Å². The molecule has 0 saturated carbocycles. The molecule has 0 spiro atoms. The van der Waals surface area contributed by atoms with E-state index in [1.807, 2.05) is 0 Å². The molecule has 0 bridgehead atoms. The molecule has 110 valence electrons. The minimum atomic E-state index is -3.77. The van der Waals surface area contributed by atoms with E-state index in [0.717, 1.165) is 0 Å². The van der Waals surface area contributed by atoms with Crippen LogP contribution in [0.1, 0.15) is 0 Å². The fourth-order valence-electron chi connectivity index (χ4n) is 1.37. The molecule has 8 nitrogen and oxygen atoms in total. The van der Waals surface area contributed by atoms with Crippen molar-refractivity contribution in [3.05, 3.63) is 41.4 Å². The lowest BCUT2D eigenvalue weighted by Gasteiger charge is -2.06. The Balaban J connectivity index is 0.00000220. The zero-order valence-corrected chi connectivity index (χ0v) is 12.3. The summed E-state index contributed by atoms with van der Waals surface area (Å²) >= 11 is 0. The summed E-state index contributed by atoms with van der Waals surface area (Å²) < 4.78 is 31.2. The number of rotatable bonds is 4. The second-order valence-electron chi connectivity index (χ2n) is 3.66. The van der Waals surface area contributed by atoms with Crippen LogP contribution in [0.5, 0.6) is 5.88 Å². The van der Waals surface area contributed by atoms with E-state index in [0.29, 0.717) is 0 Å². The lowest BCUT2D eigenvalue weighted by Crippen LogP contribution is -3.00. The minimum Gasteiger partial charge on any atom is -1.00 e. The number of hydrogen-bond donors (Lipinski definition) is 1. The first kappa shape index (κ1) is 16.6. The molecule has 1 aromatic carbocycles. The fourth-order valence-corrected chi connectivity index (χ4v) is 2.37. The topological polar surface area (TPSA) is 109 Å². The number of aromatic nitrogens is 2. The average molecular weight is 328 g/mol. The van der Waals surface area contributed by atoms with Crippen molar-refractivity contribution >= 4 is 21.5 Å². The Kier molecular flexibility index (Phi) is 5.40. The van der Waals surface area contributed by atoms with Gasteiger partial charge >= 0.3 is 5.69 Å². The Labute approximate surface area is 127 Å². The average Bonchev–Trinajstić information content (AvgIpc) is 2.48. The lowest BCUT2D eigenvalue weighted by atomic mass is 10.3. The Morgan fingerprint density at radius 2 is 1.81 bits per heavy atom. The number of halogens is 1. The lowest BCUT2D eigenvalue weighted by molar-refractivity contribution is -0.00000716. The Morgan fingerprint density at radius 3 is 2.29 bits per heavy atom. The highest BCUT2D eigenvalue weighted by atomic mass is 35.5. The number of nitrogens with one attached hydrogen (secondary N) is 1. The van der Waals surface area contributed by atoms with E-state index in [4.69, 9.17) is 10.1 Å². The van der Waals surface area contributed by atoms with Crippen LogP contribution in [0.25, 0.3) is 4.98 Å². The van der Waals surface area contributed by atoms with Crippen LogP contribution in [0.3, 0.4) is 0 Å². The summed E-state index contributed by atoms with van der Waals surface area (Å²) in [6.45, 7) is 0. The standard InChI is InChI=1S/C11H10N5O3S.ClH/c1-19-11-7-6-10(14-15-11)16-20(17,18)9-4-2-8(13-12)3-5-9;/h2-7H,1H3,(H,14,16);1H/q+1;/p-1. The molecular weight excluding hydrogens is 318 g/mol. The van der Waals surface area contributed by atoms with E-state index in [2.05, 4.69) is 19.9 Å². The number of sulfonamides is 1. The van der Waals surface area contributed by atoms with Crippen molar-refractivity contribution in [2.24, 2.45) is 0 Å². The van der Waals surface area contributed by atoms with Gasteiger partial charge in [0.15, 0.2) is 10.8 Å². The largest absolute Gasteiger partial charge is 1.00 e. The summed E-state index contributed by atoms with van der Waals surface area (Å²) in [5, 5.41) is 15.9.